The lowest BCUT2D eigenvalue weighted by Crippen LogP contribution is -2.26. The van der Waals surface area contributed by atoms with Crippen LogP contribution in [0.3, 0.4) is 0 Å². The third-order valence-corrected chi connectivity index (χ3v) is 3.23. The molecule has 0 unspecified atom stereocenters. The molecule has 4 heteroatoms. The number of unbranched alkanes of at least 4 members (excludes halogenated alkanes) is 1. The summed E-state index contributed by atoms with van der Waals surface area (Å²) in [6, 6.07) is 7.78. The molecule has 18 heavy (non-hydrogen) atoms. The van der Waals surface area contributed by atoms with Gasteiger partial charge in [0.2, 0.25) is 0 Å². The second-order valence-corrected chi connectivity index (χ2v) is 4.56. The largest absolute Gasteiger partial charge is 0.391 e. The van der Waals surface area contributed by atoms with Gasteiger partial charge in [-0.05, 0) is 29.5 Å². The van der Waals surface area contributed by atoms with Crippen LogP contribution in [-0.4, -0.2) is 16.2 Å². The maximum absolute atomic E-state index is 9.99. The fourth-order valence-corrected chi connectivity index (χ4v) is 2.09. The maximum atomic E-state index is 9.99. The summed E-state index contributed by atoms with van der Waals surface area (Å²) in [4.78, 5) is 3.16. The zero-order valence-electron chi connectivity index (χ0n) is 10.6. The van der Waals surface area contributed by atoms with E-state index in [1.165, 1.54) is 5.39 Å². The van der Waals surface area contributed by atoms with Crippen molar-refractivity contribution in [1.29, 1.82) is 0 Å². The summed E-state index contributed by atoms with van der Waals surface area (Å²) in [6.45, 7) is 2.11. The van der Waals surface area contributed by atoms with Crippen molar-refractivity contribution in [2.45, 2.75) is 38.3 Å². The van der Waals surface area contributed by atoms with Gasteiger partial charge in [-0.3, -0.25) is 0 Å². The molecular weight excluding hydrogens is 248 g/mol. The summed E-state index contributed by atoms with van der Waals surface area (Å²) in [6.07, 6.45) is 4.31. The summed E-state index contributed by atoms with van der Waals surface area (Å²) in [7, 11) is 0. The molecule has 0 aliphatic heterocycles. The van der Waals surface area contributed by atoms with Crippen molar-refractivity contribution in [1.82, 2.24) is 4.98 Å². The van der Waals surface area contributed by atoms with E-state index in [0.717, 1.165) is 30.3 Å². The van der Waals surface area contributed by atoms with E-state index in [1.54, 1.807) is 0 Å². The van der Waals surface area contributed by atoms with Gasteiger partial charge in [0.05, 0.1) is 12.1 Å². The van der Waals surface area contributed by atoms with Crippen LogP contribution in [0, 0.1) is 0 Å². The number of aromatic nitrogens is 1. The topological polar surface area (TPSA) is 62.0 Å². The second-order valence-electron chi connectivity index (χ2n) is 4.56. The SMILES string of the molecule is CCCC[C@H](O)[C@H](N)c1ccc2cc[nH]c2c1.Cl. The third-order valence-electron chi connectivity index (χ3n) is 3.23. The Bertz CT molecular complexity index is 483. The van der Waals surface area contributed by atoms with E-state index in [9.17, 15) is 5.11 Å². The molecule has 0 aliphatic carbocycles. The number of H-pyrrole nitrogens is 1. The first kappa shape index (κ1) is 15.0. The lowest BCUT2D eigenvalue weighted by Gasteiger charge is -2.19. The van der Waals surface area contributed by atoms with Crippen molar-refractivity contribution < 1.29 is 5.11 Å². The van der Waals surface area contributed by atoms with Gasteiger partial charge < -0.3 is 15.8 Å². The lowest BCUT2D eigenvalue weighted by molar-refractivity contribution is 0.132. The van der Waals surface area contributed by atoms with Crippen LogP contribution in [0.25, 0.3) is 10.9 Å². The molecule has 2 rings (SSSR count). The Hall–Kier alpha value is -1.03. The normalized spacial score (nSPS) is 14.2. The van der Waals surface area contributed by atoms with Gasteiger partial charge in [0.1, 0.15) is 0 Å². The number of nitrogens with one attached hydrogen (secondary N) is 1. The quantitative estimate of drug-likeness (QED) is 0.780. The number of aromatic amines is 1. The average molecular weight is 269 g/mol. The van der Waals surface area contributed by atoms with E-state index in [4.69, 9.17) is 5.73 Å². The minimum Gasteiger partial charge on any atom is -0.391 e. The van der Waals surface area contributed by atoms with Gasteiger partial charge in [0, 0.05) is 11.7 Å². The molecule has 4 N–H and O–H groups in total. The van der Waals surface area contributed by atoms with Gasteiger partial charge >= 0.3 is 0 Å². The molecule has 0 radical (unpaired) electrons. The maximum Gasteiger partial charge on any atom is 0.0732 e. The molecule has 0 aliphatic rings. The van der Waals surface area contributed by atoms with E-state index < -0.39 is 6.10 Å². The predicted octanol–water partition coefficient (Wildman–Crippen LogP) is 3.14. The number of nitrogens with two attached hydrogens (primary N) is 1. The number of aliphatic hydroxyl groups is 1. The molecule has 0 spiro atoms. The van der Waals surface area contributed by atoms with E-state index >= 15 is 0 Å². The Balaban J connectivity index is 0.00000162. The molecule has 2 aromatic rings. The Morgan fingerprint density at radius 2 is 2.11 bits per heavy atom. The van der Waals surface area contributed by atoms with Crippen LogP contribution in [0.1, 0.15) is 37.8 Å². The van der Waals surface area contributed by atoms with Gasteiger partial charge in [-0.15, -0.1) is 12.4 Å². The van der Waals surface area contributed by atoms with Crippen LogP contribution < -0.4 is 5.73 Å². The third kappa shape index (κ3) is 3.25. The van der Waals surface area contributed by atoms with Gasteiger partial charge in [0.25, 0.3) is 0 Å². The Morgan fingerprint density at radius 3 is 2.83 bits per heavy atom. The highest BCUT2D eigenvalue weighted by atomic mass is 35.5. The number of hydrogen-bond acceptors (Lipinski definition) is 2. The van der Waals surface area contributed by atoms with Crippen LogP contribution in [0.15, 0.2) is 30.5 Å². The molecule has 100 valence electrons. The van der Waals surface area contributed by atoms with Crippen molar-refractivity contribution >= 4 is 23.3 Å². The number of hydrogen-bond donors (Lipinski definition) is 3. The van der Waals surface area contributed by atoms with Gasteiger partial charge in [-0.25, -0.2) is 0 Å². The summed E-state index contributed by atoms with van der Waals surface area (Å²) in [5, 5.41) is 11.2. The minimum absolute atomic E-state index is 0. The minimum atomic E-state index is -0.456. The highest BCUT2D eigenvalue weighted by molar-refractivity contribution is 5.85. The molecule has 0 bridgehead atoms. The molecule has 0 saturated heterocycles. The molecule has 3 nitrogen and oxygen atoms in total. The highest BCUT2D eigenvalue weighted by Crippen LogP contribution is 2.22. The van der Waals surface area contributed by atoms with Crippen molar-refractivity contribution in [3.8, 4) is 0 Å². The van der Waals surface area contributed by atoms with Crippen molar-refractivity contribution in [3.05, 3.63) is 36.0 Å². The average Bonchev–Trinajstić information content (AvgIpc) is 2.81. The van der Waals surface area contributed by atoms with Crippen molar-refractivity contribution in [2.24, 2.45) is 5.73 Å². The zero-order valence-corrected chi connectivity index (χ0v) is 11.4. The molecular formula is C14H21ClN2O. The van der Waals surface area contributed by atoms with E-state index in [1.807, 2.05) is 30.5 Å². The summed E-state index contributed by atoms with van der Waals surface area (Å²) in [5.74, 6) is 0. The summed E-state index contributed by atoms with van der Waals surface area (Å²) in [5.41, 5.74) is 8.13. The summed E-state index contributed by atoms with van der Waals surface area (Å²) < 4.78 is 0. The predicted molar refractivity (Wildman–Crippen MR) is 78.0 cm³/mol. The standard InChI is InChI=1S/C14H20N2O.ClH/c1-2-3-4-13(17)14(15)11-6-5-10-7-8-16-12(10)9-11;/h5-9,13-14,16-17H,2-4,15H2,1H3;1H/t13-,14+;/m0./s1. The first-order chi connectivity index (χ1) is 8.22. The van der Waals surface area contributed by atoms with Crippen molar-refractivity contribution in [3.63, 3.8) is 0 Å². The molecule has 0 fully saturated rings. The summed E-state index contributed by atoms with van der Waals surface area (Å²) >= 11 is 0. The number of benzene rings is 1. The van der Waals surface area contributed by atoms with E-state index in [-0.39, 0.29) is 18.4 Å². The first-order valence-corrected chi connectivity index (χ1v) is 6.23. The fraction of sp³-hybridized carbons (Fsp3) is 0.429. The lowest BCUT2D eigenvalue weighted by atomic mass is 9.98. The highest BCUT2D eigenvalue weighted by Gasteiger charge is 2.16. The van der Waals surface area contributed by atoms with Gasteiger partial charge in [-0.1, -0.05) is 31.9 Å². The first-order valence-electron chi connectivity index (χ1n) is 6.23. The number of rotatable bonds is 5. The molecule has 0 amide bonds. The zero-order chi connectivity index (χ0) is 12.3. The Morgan fingerprint density at radius 1 is 1.33 bits per heavy atom. The van der Waals surface area contributed by atoms with Gasteiger partial charge in [-0.2, -0.15) is 0 Å². The Kier molecular flexibility index (Phi) is 5.66. The number of fused-ring (bicyclic) bond motifs is 1. The van der Waals surface area contributed by atoms with Gasteiger partial charge in [0.15, 0.2) is 0 Å². The van der Waals surface area contributed by atoms with Crippen LogP contribution in [0.2, 0.25) is 0 Å². The van der Waals surface area contributed by atoms with E-state index in [0.29, 0.717) is 0 Å². The number of halogens is 1. The fourth-order valence-electron chi connectivity index (χ4n) is 2.09. The van der Waals surface area contributed by atoms with Crippen molar-refractivity contribution in [2.75, 3.05) is 0 Å². The molecule has 0 saturated carbocycles. The van der Waals surface area contributed by atoms with Crippen LogP contribution in [0.4, 0.5) is 0 Å². The molecule has 1 heterocycles. The smallest absolute Gasteiger partial charge is 0.0732 e. The van der Waals surface area contributed by atoms with Crippen LogP contribution in [0.5, 0.6) is 0 Å². The van der Waals surface area contributed by atoms with Crippen LogP contribution >= 0.6 is 12.4 Å². The Labute approximate surface area is 114 Å². The second kappa shape index (κ2) is 6.78. The van der Waals surface area contributed by atoms with Crippen LogP contribution in [-0.2, 0) is 0 Å². The monoisotopic (exact) mass is 268 g/mol. The molecule has 1 aromatic carbocycles. The molecule has 2 atom stereocenters. The molecule has 1 aromatic heterocycles. The number of aliphatic hydroxyl groups excluding tert-OH is 1. The van der Waals surface area contributed by atoms with E-state index in [2.05, 4.69) is 11.9 Å².